The fourth-order valence-electron chi connectivity index (χ4n) is 8.09. The lowest BCUT2D eigenvalue weighted by atomic mass is 9.45. The van der Waals surface area contributed by atoms with Crippen LogP contribution in [-0.4, -0.2) is 45.1 Å². The largest absolute Gasteiger partial charge is 0.457 e. The summed E-state index contributed by atoms with van der Waals surface area (Å²) < 4.78 is 11.3. The van der Waals surface area contributed by atoms with Crippen molar-refractivity contribution < 1.29 is 28.6 Å². The van der Waals surface area contributed by atoms with Crippen LogP contribution in [0.2, 0.25) is 0 Å². The van der Waals surface area contributed by atoms with E-state index in [9.17, 15) is 19.5 Å². The van der Waals surface area contributed by atoms with E-state index in [0.29, 0.717) is 19.3 Å². The number of aliphatic hydroxyl groups excluding tert-OH is 1. The maximum absolute atomic E-state index is 13.6. The number of hydrogen-bond donors (Lipinski definition) is 1. The van der Waals surface area contributed by atoms with Crippen LogP contribution < -0.4 is 0 Å². The molecule has 6 nitrogen and oxygen atoms in total. The minimum atomic E-state index is -1.53. The van der Waals surface area contributed by atoms with Gasteiger partial charge in [0, 0.05) is 16.7 Å². The monoisotopic (exact) mass is 520 g/mol. The van der Waals surface area contributed by atoms with Crippen molar-refractivity contribution in [2.75, 3.05) is 5.88 Å². The number of rotatable bonds is 4. The van der Waals surface area contributed by atoms with Gasteiger partial charge in [-0.3, -0.25) is 9.59 Å². The molecule has 0 spiro atoms. The SMILES string of the molecule is C[C@@H]1C[C@H]2[C@H]3CCC4=CC(=O)C=C[C@]4(C)[C@@]3(Cl)[C@@H](O)C[C@]2(C)[C@@]1(OC(=O)c1ccco1)C(=O)CCl. The van der Waals surface area contributed by atoms with Gasteiger partial charge < -0.3 is 14.3 Å². The molecule has 0 aliphatic heterocycles. The lowest BCUT2D eigenvalue weighted by Gasteiger charge is -2.64. The molecule has 0 unspecified atom stereocenters. The number of hydrogen-bond acceptors (Lipinski definition) is 6. The van der Waals surface area contributed by atoms with Gasteiger partial charge in [-0.05, 0) is 61.8 Å². The van der Waals surface area contributed by atoms with Crippen LogP contribution in [-0.2, 0) is 14.3 Å². The highest BCUT2D eigenvalue weighted by molar-refractivity contribution is 6.29. The Labute approximate surface area is 214 Å². The number of ketones is 2. The van der Waals surface area contributed by atoms with Gasteiger partial charge in [-0.25, -0.2) is 4.79 Å². The lowest BCUT2D eigenvalue weighted by molar-refractivity contribution is -0.177. The Morgan fingerprint density at radius 1 is 1.29 bits per heavy atom. The number of allylic oxidation sites excluding steroid dienone is 4. The number of esters is 1. The van der Waals surface area contributed by atoms with Gasteiger partial charge in [-0.2, -0.15) is 0 Å². The number of ether oxygens (including phenoxy) is 1. The highest BCUT2D eigenvalue weighted by Crippen LogP contribution is 2.72. The fraction of sp³-hybridized carbons (Fsp3) is 0.593. The predicted octanol–water partition coefficient (Wildman–Crippen LogP) is 4.87. The molecule has 1 heterocycles. The second kappa shape index (κ2) is 8.06. The van der Waals surface area contributed by atoms with E-state index in [0.717, 1.165) is 5.57 Å². The summed E-state index contributed by atoms with van der Waals surface area (Å²) in [6.07, 6.45) is 7.44. The summed E-state index contributed by atoms with van der Waals surface area (Å²) in [5.41, 5.74) is -2.20. The maximum Gasteiger partial charge on any atom is 0.375 e. The Bertz CT molecular complexity index is 1140. The molecule has 188 valence electrons. The predicted molar refractivity (Wildman–Crippen MR) is 130 cm³/mol. The molecule has 3 fully saturated rings. The van der Waals surface area contributed by atoms with E-state index in [4.69, 9.17) is 32.4 Å². The quantitative estimate of drug-likeness (QED) is 0.449. The topological polar surface area (TPSA) is 93.8 Å². The number of aliphatic hydroxyl groups is 1. The van der Waals surface area contributed by atoms with Gasteiger partial charge in [0.15, 0.2) is 17.2 Å². The van der Waals surface area contributed by atoms with Crippen LogP contribution in [0.25, 0.3) is 0 Å². The van der Waals surface area contributed by atoms with E-state index >= 15 is 0 Å². The molecule has 1 aromatic heterocycles. The van der Waals surface area contributed by atoms with Crippen molar-refractivity contribution in [1.82, 2.24) is 0 Å². The number of halogens is 2. The van der Waals surface area contributed by atoms with E-state index in [1.807, 2.05) is 26.8 Å². The highest BCUT2D eigenvalue weighted by Gasteiger charge is 2.76. The summed E-state index contributed by atoms with van der Waals surface area (Å²) in [5, 5.41) is 11.8. The van der Waals surface area contributed by atoms with Gasteiger partial charge in [0.1, 0.15) is 0 Å². The van der Waals surface area contributed by atoms with Crippen LogP contribution in [0, 0.1) is 28.6 Å². The molecule has 4 aliphatic rings. The van der Waals surface area contributed by atoms with Crippen molar-refractivity contribution in [3.05, 3.63) is 48.0 Å². The van der Waals surface area contributed by atoms with Crippen LogP contribution in [0.5, 0.6) is 0 Å². The maximum atomic E-state index is 13.6. The van der Waals surface area contributed by atoms with E-state index < -0.39 is 33.4 Å². The number of alkyl halides is 2. The Kier molecular flexibility index (Phi) is 5.71. The van der Waals surface area contributed by atoms with Crippen LogP contribution in [0.3, 0.4) is 0 Å². The third kappa shape index (κ3) is 3.02. The van der Waals surface area contributed by atoms with Crippen molar-refractivity contribution in [2.24, 2.45) is 28.6 Å². The van der Waals surface area contributed by atoms with Gasteiger partial charge in [0.25, 0.3) is 0 Å². The first-order chi connectivity index (χ1) is 16.5. The van der Waals surface area contributed by atoms with Crippen molar-refractivity contribution in [1.29, 1.82) is 0 Å². The van der Waals surface area contributed by atoms with E-state index in [1.54, 1.807) is 12.1 Å². The first kappa shape index (κ1) is 24.8. The summed E-state index contributed by atoms with van der Waals surface area (Å²) in [5.74, 6) is -2.12. The number of carbonyl (C=O) groups excluding carboxylic acids is 3. The molecule has 4 aliphatic carbocycles. The molecule has 3 saturated carbocycles. The first-order valence-corrected chi connectivity index (χ1v) is 13.0. The molecule has 1 aromatic rings. The molecule has 0 aromatic carbocycles. The van der Waals surface area contributed by atoms with Crippen LogP contribution >= 0.6 is 23.2 Å². The lowest BCUT2D eigenvalue weighted by Crippen LogP contribution is -2.69. The normalized spacial score (nSPS) is 44.2. The second-order valence-corrected chi connectivity index (χ2v) is 12.0. The third-order valence-corrected chi connectivity index (χ3v) is 10.9. The third-order valence-electron chi connectivity index (χ3n) is 9.69. The van der Waals surface area contributed by atoms with Crippen molar-refractivity contribution in [3.63, 3.8) is 0 Å². The van der Waals surface area contributed by atoms with E-state index in [1.165, 1.54) is 18.4 Å². The standard InChI is InChI=1S/C27H30Cl2O6/c1-15-11-19-18-7-6-16-12-17(30)8-9-24(16,2)26(18,29)21(31)13-25(19,3)27(15,22(32)14-28)35-23(33)20-5-4-10-34-20/h4-5,8-10,12,15,18-19,21,31H,6-7,11,13-14H2,1-3H3/t15-,18-,19+,21+,24+,25+,26+,27+/m1/s1. The van der Waals surface area contributed by atoms with Crippen molar-refractivity contribution in [2.45, 2.75) is 63.0 Å². The van der Waals surface area contributed by atoms with Gasteiger partial charge in [0.05, 0.1) is 23.1 Å². The number of furan rings is 1. The second-order valence-electron chi connectivity index (χ2n) is 11.1. The minimum Gasteiger partial charge on any atom is -0.457 e. The summed E-state index contributed by atoms with van der Waals surface area (Å²) in [4.78, 5) is 37.7. The Morgan fingerprint density at radius 2 is 2.03 bits per heavy atom. The molecule has 8 atom stereocenters. The molecule has 0 saturated heterocycles. The molecule has 0 bridgehead atoms. The average molecular weight is 521 g/mol. The van der Waals surface area contributed by atoms with E-state index in [-0.39, 0.29) is 47.4 Å². The Hall–Kier alpha value is -1.89. The average Bonchev–Trinajstić information content (AvgIpc) is 3.42. The molecule has 35 heavy (non-hydrogen) atoms. The summed E-state index contributed by atoms with van der Waals surface area (Å²) in [7, 11) is 0. The molecule has 8 heteroatoms. The number of fused-ring (bicyclic) bond motifs is 5. The van der Waals surface area contributed by atoms with Gasteiger partial charge >= 0.3 is 5.97 Å². The summed E-state index contributed by atoms with van der Waals surface area (Å²) >= 11 is 13.6. The molecular formula is C27H30Cl2O6. The molecule has 5 rings (SSSR count). The van der Waals surface area contributed by atoms with Crippen LogP contribution in [0.4, 0.5) is 0 Å². The van der Waals surface area contributed by atoms with Crippen LogP contribution in [0.15, 0.2) is 46.6 Å². The fourth-order valence-corrected chi connectivity index (χ4v) is 8.81. The van der Waals surface area contributed by atoms with Crippen molar-refractivity contribution >= 4 is 40.7 Å². The van der Waals surface area contributed by atoms with Gasteiger partial charge in [-0.15, -0.1) is 23.2 Å². The minimum absolute atomic E-state index is 0.00557. The zero-order chi connectivity index (χ0) is 25.4. The molecule has 0 radical (unpaired) electrons. The smallest absolute Gasteiger partial charge is 0.375 e. The molecular weight excluding hydrogens is 491 g/mol. The van der Waals surface area contributed by atoms with Gasteiger partial charge in [-0.1, -0.05) is 32.4 Å². The first-order valence-electron chi connectivity index (χ1n) is 12.1. The number of Topliss-reactive ketones (excluding diaryl/α,β-unsaturated/α-hetero) is 1. The Morgan fingerprint density at radius 3 is 2.69 bits per heavy atom. The van der Waals surface area contributed by atoms with E-state index in [2.05, 4.69) is 0 Å². The van der Waals surface area contributed by atoms with Gasteiger partial charge in [0.2, 0.25) is 5.76 Å². The highest BCUT2D eigenvalue weighted by atomic mass is 35.5. The van der Waals surface area contributed by atoms with Crippen molar-refractivity contribution in [3.8, 4) is 0 Å². The molecule has 1 N–H and O–H groups in total. The zero-order valence-electron chi connectivity index (χ0n) is 20.1. The summed E-state index contributed by atoms with van der Waals surface area (Å²) in [6, 6.07) is 3.07. The van der Waals surface area contributed by atoms with Crippen LogP contribution in [0.1, 0.15) is 57.0 Å². The number of carbonyl (C=O) groups is 3. The molecule has 0 amide bonds. The zero-order valence-corrected chi connectivity index (χ0v) is 21.6. The summed E-state index contributed by atoms with van der Waals surface area (Å²) in [6.45, 7) is 5.81. The Balaban J connectivity index is 1.61.